The highest BCUT2D eigenvalue weighted by atomic mass is 32.2. The van der Waals surface area contributed by atoms with Gasteiger partial charge in [0, 0.05) is 0 Å². The summed E-state index contributed by atoms with van der Waals surface area (Å²) >= 11 is 1.64. The molecule has 15 heavy (non-hydrogen) atoms. The van der Waals surface area contributed by atoms with E-state index in [1.807, 2.05) is 37.3 Å². The van der Waals surface area contributed by atoms with Gasteiger partial charge in [-0.15, -0.1) is 0 Å². The first-order valence-corrected chi connectivity index (χ1v) is 6.31. The van der Waals surface area contributed by atoms with Crippen LogP contribution in [-0.2, 0) is 4.79 Å². The van der Waals surface area contributed by atoms with Crippen molar-refractivity contribution in [3.8, 4) is 0 Å². The molecule has 0 heterocycles. The van der Waals surface area contributed by atoms with Crippen LogP contribution in [0, 0.1) is 0 Å². The van der Waals surface area contributed by atoms with Gasteiger partial charge in [0.25, 0.3) is 0 Å². The van der Waals surface area contributed by atoms with Gasteiger partial charge in [0.1, 0.15) is 0 Å². The van der Waals surface area contributed by atoms with Crippen LogP contribution in [0.4, 0.5) is 0 Å². The Hall–Kier alpha value is -0.960. The van der Waals surface area contributed by atoms with Crippen molar-refractivity contribution in [3.05, 3.63) is 35.9 Å². The molecule has 0 aliphatic carbocycles. The molecule has 1 atom stereocenters. The van der Waals surface area contributed by atoms with Gasteiger partial charge in [0.15, 0.2) is 0 Å². The summed E-state index contributed by atoms with van der Waals surface area (Å²) in [5, 5.41) is 2.97. The van der Waals surface area contributed by atoms with Crippen LogP contribution in [-0.4, -0.2) is 17.4 Å². The number of hydrogen-bond donors (Lipinski definition) is 1. The Bertz CT molecular complexity index is 300. The van der Waals surface area contributed by atoms with Crippen molar-refractivity contribution in [2.24, 2.45) is 0 Å². The van der Waals surface area contributed by atoms with E-state index in [-0.39, 0.29) is 11.9 Å². The van der Waals surface area contributed by atoms with Gasteiger partial charge in [0.2, 0.25) is 5.91 Å². The van der Waals surface area contributed by atoms with Crippen molar-refractivity contribution in [1.82, 2.24) is 5.32 Å². The Kier molecular flexibility index (Phi) is 5.26. The second kappa shape index (κ2) is 6.51. The smallest absolute Gasteiger partial charge is 0.230 e. The van der Waals surface area contributed by atoms with Gasteiger partial charge in [-0.3, -0.25) is 4.79 Å². The molecule has 0 spiro atoms. The van der Waals surface area contributed by atoms with E-state index >= 15 is 0 Å². The number of nitrogens with one attached hydrogen (secondary N) is 1. The fraction of sp³-hybridized carbons (Fsp3) is 0.417. The van der Waals surface area contributed by atoms with Crippen LogP contribution < -0.4 is 5.32 Å². The second-order valence-corrected chi connectivity index (χ2v) is 4.61. The molecule has 1 N–H and O–H groups in total. The number of amides is 1. The molecular weight excluding hydrogens is 206 g/mol. The molecule has 1 rings (SSSR count). The first kappa shape index (κ1) is 12.1. The Balaban J connectivity index is 2.42. The summed E-state index contributed by atoms with van der Waals surface area (Å²) in [5.74, 6) is 1.64. The Labute approximate surface area is 95.5 Å². The lowest BCUT2D eigenvalue weighted by molar-refractivity contribution is -0.119. The van der Waals surface area contributed by atoms with E-state index in [0.717, 1.165) is 11.3 Å². The van der Waals surface area contributed by atoms with Crippen molar-refractivity contribution >= 4 is 17.7 Å². The SMILES string of the molecule is CCSCC(=O)N[C@@H](C)c1ccccc1. The van der Waals surface area contributed by atoms with Gasteiger partial charge in [-0.05, 0) is 18.2 Å². The fourth-order valence-corrected chi connectivity index (χ4v) is 1.78. The average molecular weight is 223 g/mol. The lowest BCUT2D eigenvalue weighted by Crippen LogP contribution is -2.28. The Morgan fingerprint density at radius 2 is 2.07 bits per heavy atom. The van der Waals surface area contributed by atoms with E-state index in [0.29, 0.717) is 5.75 Å². The molecule has 0 saturated heterocycles. The predicted octanol–water partition coefficient (Wildman–Crippen LogP) is 2.62. The number of thioether (sulfide) groups is 1. The monoisotopic (exact) mass is 223 g/mol. The molecule has 1 aromatic carbocycles. The topological polar surface area (TPSA) is 29.1 Å². The summed E-state index contributed by atoms with van der Waals surface area (Å²) in [4.78, 5) is 11.5. The molecular formula is C12H17NOS. The third kappa shape index (κ3) is 4.38. The van der Waals surface area contributed by atoms with Crippen molar-refractivity contribution in [1.29, 1.82) is 0 Å². The molecule has 0 fully saturated rings. The maximum absolute atomic E-state index is 11.5. The molecule has 0 aliphatic heterocycles. The number of rotatable bonds is 5. The Morgan fingerprint density at radius 1 is 1.40 bits per heavy atom. The molecule has 1 aromatic rings. The standard InChI is InChI=1S/C12H17NOS/c1-3-15-9-12(14)13-10(2)11-7-5-4-6-8-11/h4-8,10H,3,9H2,1-2H3,(H,13,14)/t10-/m0/s1. The minimum atomic E-state index is 0.0937. The number of carbonyl (C=O) groups is 1. The third-order valence-corrected chi connectivity index (χ3v) is 2.99. The van der Waals surface area contributed by atoms with E-state index in [1.165, 1.54) is 0 Å². The van der Waals surface area contributed by atoms with Crippen LogP contribution in [0.1, 0.15) is 25.5 Å². The molecule has 1 amide bonds. The zero-order valence-electron chi connectivity index (χ0n) is 9.19. The van der Waals surface area contributed by atoms with Gasteiger partial charge in [0.05, 0.1) is 11.8 Å². The highest BCUT2D eigenvalue weighted by molar-refractivity contribution is 7.99. The van der Waals surface area contributed by atoms with Crippen LogP contribution in [0.25, 0.3) is 0 Å². The predicted molar refractivity (Wildman–Crippen MR) is 66.0 cm³/mol. The molecule has 3 heteroatoms. The van der Waals surface area contributed by atoms with Crippen LogP contribution in [0.5, 0.6) is 0 Å². The van der Waals surface area contributed by atoms with E-state index in [9.17, 15) is 4.79 Å². The lowest BCUT2D eigenvalue weighted by Gasteiger charge is -2.13. The summed E-state index contributed by atoms with van der Waals surface area (Å²) < 4.78 is 0. The molecule has 0 aromatic heterocycles. The van der Waals surface area contributed by atoms with E-state index < -0.39 is 0 Å². The first-order chi connectivity index (χ1) is 7.24. The summed E-state index contributed by atoms with van der Waals surface area (Å²) in [6.45, 7) is 4.06. The van der Waals surface area contributed by atoms with E-state index in [1.54, 1.807) is 11.8 Å². The van der Waals surface area contributed by atoms with Crippen LogP contribution >= 0.6 is 11.8 Å². The summed E-state index contributed by atoms with van der Waals surface area (Å²) in [6.07, 6.45) is 0. The summed E-state index contributed by atoms with van der Waals surface area (Å²) in [7, 11) is 0. The van der Waals surface area contributed by atoms with Crippen molar-refractivity contribution < 1.29 is 4.79 Å². The first-order valence-electron chi connectivity index (χ1n) is 5.16. The van der Waals surface area contributed by atoms with Crippen molar-refractivity contribution in [3.63, 3.8) is 0 Å². The molecule has 82 valence electrons. The van der Waals surface area contributed by atoms with E-state index in [4.69, 9.17) is 0 Å². The largest absolute Gasteiger partial charge is 0.349 e. The molecule has 0 unspecified atom stereocenters. The van der Waals surface area contributed by atoms with Crippen molar-refractivity contribution in [2.45, 2.75) is 19.9 Å². The minimum absolute atomic E-state index is 0.0937. The van der Waals surface area contributed by atoms with Crippen LogP contribution in [0.15, 0.2) is 30.3 Å². The lowest BCUT2D eigenvalue weighted by atomic mass is 10.1. The number of benzene rings is 1. The van der Waals surface area contributed by atoms with Crippen LogP contribution in [0.3, 0.4) is 0 Å². The van der Waals surface area contributed by atoms with Gasteiger partial charge in [-0.1, -0.05) is 37.3 Å². The molecule has 0 aliphatic rings. The highest BCUT2D eigenvalue weighted by Crippen LogP contribution is 2.11. The third-order valence-electron chi connectivity index (χ3n) is 2.11. The summed E-state index contributed by atoms with van der Waals surface area (Å²) in [6, 6.07) is 10.1. The zero-order valence-corrected chi connectivity index (χ0v) is 10.0. The normalized spacial score (nSPS) is 12.1. The quantitative estimate of drug-likeness (QED) is 0.831. The summed E-state index contributed by atoms with van der Waals surface area (Å²) in [5.41, 5.74) is 1.15. The average Bonchev–Trinajstić information content (AvgIpc) is 2.27. The zero-order chi connectivity index (χ0) is 11.1. The van der Waals surface area contributed by atoms with Gasteiger partial charge < -0.3 is 5.32 Å². The van der Waals surface area contributed by atoms with Gasteiger partial charge >= 0.3 is 0 Å². The molecule has 0 radical (unpaired) electrons. The van der Waals surface area contributed by atoms with Gasteiger partial charge in [-0.2, -0.15) is 11.8 Å². The Morgan fingerprint density at radius 3 is 2.67 bits per heavy atom. The highest BCUT2D eigenvalue weighted by Gasteiger charge is 2.07. The maximum Gasteiger partial charge on any atom is 0.230 e. The van der Waals surface area contributed by atoms with Gasteiger partial charge in [-0.25, -0.2) is 0 Å². The molecule has 0 bridgehead atoms. The minimum Gasteiger partial charge on any atom is -0.349 e. The van der Waals surface area contributed by atoms with Crippen LogP contribution in [0.2, 0.25) is 0 Å². The van der Waals surface area contributed by atoms with Crippen molar-refractivity contribution in [2.75, 3.05) is 11.5 Å². The number of carbonyl (C=O) groups excluding carboxylic acids is 1. The second-order valence-electron chi connectivity index (χ2n) is 3.34. The molecule has 0 saturated carbocycles. The van der Waals surface area contributed by atoms with E-state index in [2.05, 4.69) is 12.2 Å². The molecule has 2 nitrogen and oxygen atoms in total. The fourth-order valence-electron chi connectivity index (χ4n) is 1.30. The number of hydrogen-bond acceptors (Lipinski definition) is 2. The maximum atomic E-state index is 11.5.